The minimum absolute atomic E-state index is 0.0101. The maximum Gasteiger partial charge on any atom is 0.339 e. The molecule has 0 heterocycles. The van der Waals surface area contributed by atoms with Crippen LogP contribution in [0.5, 0.6) is 5.75 Å². The highest BCUT2D eigenvalue weighted by molar-refractivity contribution is 5.94. The van der Waals surface area contributed by atoms with Crippen molar-refractivity contribution in [3.63, 3.8) is 0 Å². The first kappa shape index (κ1) is 21.8. The number of hydrogen-bond acceptors (Lipinski definition) is 7. The van der Waals surface area contributed by atoms with Gasteiger partial charge in [0.2, 0.25) is 0 Å². The van der Waals surface area contributed by atoms with Crippen LogP contribution in [-0.4, -0.2) is 31.1 Å². The predicted octanol–water partition coefficient (Wildman–Crippen LogP) is 2.32. The first-order valence-corrected chi connectivity index (χ1v) is 8.91. The zero-order valence-electron chi connectivity index (χ0n) is 16.1. The maximum absolute atomic E-state index is 12.1. The predicted molar refractivity (Wildman–Crippen MR) is 106 cm³/mol. The molecule has 2 aromatic rings. The third kappa shape index (κ3) is 7.23. The molecule has 0 radical (unpaired) electrons. The van der Waals surface area contributed by atoms with Gasteiger partial charge in [0.15, 0.2) is 0 Å². The lowest BCUT2D eigenvalue weighted by atomic mass is 10.1. The lowest BCUT2D eigenvalue weighted by molar-refractivity contribution is -0.146. The van der Waals surface area contributed by atoms with Gasteiger partial charge in [-0.2, -0.15) is 0 Å². The summed E-state index contributed by atoms with van der Waals surface area (Å²) in [6, 6.07) is 15.0. The van der Waals surface area contributed by atoms with E-state index in [0.717, 1.165) is 11.1 Å². The third-order valence-electron chi connectivity index (χ3n) is 3.99. The highest BCUT2D eigenvalue weighted by Gasteiger charge is 2.17. The smallest absolute Gasteiger partial charge is 0.339 e. The van der Waals surface area contributed by atoms with Gasteiger partial charge in [0.25, 0.3) is 0 Å². The molecule has 1 unspecified atom stereocenters. The monoisotopic (exact) mass is 397 g/mol. The summed E-state index contributed by atoms with van der Waals surface area (Å²) in [6.07, 6.45) is 0.0320. The molecule has 2 N–H and O–H groups in total. The minimum atomic E-state index is -0.813. The lowest BCUT2D eigenvalue weighted by Gasteiger charge is -2.12. The molecule has 7 heteroatoms. The summed E-state index contributed by atoms with van der Waals surface area (Å²) in [5, 5.41) is 0. The molecule has 2 rings (SSSR count). The summed E-state index contributed by atoms with van der Waals surface area (Å²) < 4.78 is 14.9. The maximum atomic E-state index is 12.1. The molecule has 1 atom stereocenters. The Hall–Kier alpha value is -3.45. The first-order chi connectivity index (χ1) is 13.9. The molecule has 0 aliphatic rings. The molecule has 0 aliphatic carbocycles. The quantitative estimate of drug-likeness (QED) is 0.393. The van der Waals surface area contributed by atoms with Crippen LogP contribution in [0.3, 0.4) is 0 Å². The summed E-state index contributed by atoms with van der Waals surface area (Å²) in [7, 11) is 1.22. The number of ether oxygens (including phenoxy) is 3. The van der Waals surface area contributed by atoms with E-state index in [2.05, 4.69) is 11.3 Å². The average molecular weight is 397 g/mol. The Morgan fingerprint density at radius 1 is 1.00 bits per heavy atom. The molecule has 29 heavy (non-hydrogen) atoms. The van der Waals surface area contributed by atoms with Crippen LogP contribution in [0.1, 0.15) is 17.5 Å². The summed E-state index contributed by atoms with van der Waals surface area (Å²) in [5.74, 6) is -1.51. The van der Waals surface area contributed by atoms with Crippen LogP contribution in [0.25, 0.3) is 0 Å². The van der Waals surface area contributed by atoms with Crippen LogP contribution in [-0.2, 0) is 36.9 Å². The number of benzene rings is 2. The van der Waals surface area contributed by atoms with Crippen LogP contribution in [0.4, 0.5) is 0 Å². The van der Waals surface area contributed by atoms with E-state index in [4.69, 9.17) is 15.2 Å². The fourth-order valence-electron chi connectivity index (χ4n) is 2.36. The van der Waals surface area contributed by atoms with Gasteiger partial charge in [-0.05, 0) is 29.7 Å². The number of methoxy groups -OCH3 is 1. The zero-order valence-corrected chi connectivity index (χ0v) is 16.1. The molecular weight excluding hydrogens is 374 g/mol. The Morgan fingerprint density at radius 3 is 2.28 bits per heavy atom. The molecule has 0 saturated carbocycles. The molecule has 0 fully saturated rings. The van der Waals surface area contributed by atoms with E-state index in [1.807, 2.05) is 30.3 Å². The molecule has 0 bridgehead atoms. The van der Waals surface area contributed by atoms with Gasteiger partial charge < -0.3 is 19.9 Å². The van der Waals surface area contributed by atoms with Gasteiger partial charge >= 0.3 is 17.9 Å². The molecule has 0 amide bonds. The van der Waals surface area contributed by atoms with Crippen molar-refractivity contribution in [2.45, 2.75) is 25.5 Å². The topological polar surface area (TPSA) is 105 Å². The molecule has 0 spiro atoms. The van der Waals surface area contributed by atoms with E-state index < -0.39 is 23.9 Å². The minimum Gasteiger partial charge on any atom is -0.469 e. The molecule has 0 aromatic heterocycles. The standard InChI is InChI=1S/C22H23NO6/c1-15(12-20(24)27-2)21(25)29-18-10-8-16(9-11-18)13-19(23)22(26)28-14-17-6-4-3-5-7-17/h3-11,19H,1,12-14,23H2,2H3. The molecule has 2 aromatic carbocycles. The Balaban J connectivity index is 1.83. The van der Waals surface area contributed by atoms with Gasteiger partial charge in [-0.15, -0.1) is 0 Å². The van der Waals surface area contributed by atoms with E-state index in [0.29, 0.717) is 0 Å². The number of carbonyl (C=O) groups is 3. The van der Waals surface area contributed by atoms with Crippen molar-refractivity contribution in [3.05, 3.63) is 77.9 Å². The second-order valence-corrected chi connectivity index (χ2v) is 6.29. The van der Waals surface area contributed by atoms with Gasteiger partial charge in [-0.3, -0.25) is 9.59 Å². The highest BCUT2D eigenvalue weighted by atomic mass is 16.5. The normalized spacial score (nSPS) is 11.2. The Labute approximate surface area is 169 Å². The van der Waals surface area contributed by atoms with Crippen LogP contribution in [0.15, 0.2) is 66.7 Å². The Kier molecular flexibility index (Phi) is 8.12. The van der Waals surface area contributed by atoms with Crippen LogP contribution in [0.2, 0.25) is 0 Å². The van der Waals surface area contributed by atoms with Gasteiger partial charge in [0.1, 0.15) is 18.4 Å². The van der Waals surface area contributed by atoms with Crippen molar-refractivity contribution >= 4 is 17.9 Å². The molecule has 7 nitrogen and oxygen atoms in total. The van der Waals surface area contributed by atoms with E-state index >= 15 is 0 Å². The van der Waals surface area contributed by atoms with E-state index in [1.165, 1.54) is 7.11 Å². The number of rotatable bonds is 9. The van der Waals surface area contributed by atoms with Crippen molar-refractivity contribution in [1.29, 1.82) is 0 Å². The van der Waals surface area contributed by atoms with Crippen LogP contribution >= 0.6 is 0 Å². The van der Waals surface area contributed by atoms with Crippen molar-refractivity contribution in [3.8, 4) is 5.75 Å². The van der Waals surface area contributed by atoms with Crippen molar-refractivity contribution in [2.24, 2.45) is 5.73 Å². The van der Waals surface area contributed by atoms with Gasteiger partial charge in [-0.25, -0.2) is 4.79 Å². The summed E-state index contributed by atoms with van der Waals surface area (Å²) in [5.41, 5.74) is 7.57. The number of carbonyl (C=O) groups excluding carboxylic acids is 3. The number of hydrogen-bond donors (Lipinski definition) is 1. The fourth-order valence-corrected chi connectivity index (χ4v) is 2.36. The molecule has 152 valence electrons. The van der Waals surface area contributed by atoms with Gasteiger partial charge in [0, 0.05) is 5.57 Å². The second kappa shape index (κ2) is 10.8. The Bertz CT molecular complexity index is 861. The number of nitrogens with two attached hydrogens (primary N) is 1. The largest absolute Gasteiger partial charge is 0.469 e. The highest BCUT2D eigenvalue weighted by Crippen LogP contribution is 2.16. The van der Waals surface area contributed by atoms with E-state index in [-0.39, 0.29) is 30.8 Å². The van der Waals surface area contributed by atoms with Crippen LogP contribution in [0, 0.1) is 0 Å². The van der Waals surface area contributed by atoms with Gasteiger partial charge in [-0.1, -0.05) is 49.0 Å². The fraction of sp³-hybridized carbons (Fsp3) is 0.227. The Morgan fingerprint density at radius 2 is 1.66 bits per heavy atom. The molecule has 0 saturated heterocycles. The van der Waals surface area contributed by atoms with Gasteiger partial charge in [0.05, 0.1) is 13.5 Å². The molecular formula is C22H23NO6. The third-order valence-corrected chi connectivity index (χ3v) is 3.99. The second-order valence-electron chi connectivity index (χ2n) is 6.29. The van der Waals surface area contributed by atoms with Crippen molar-refractivity contribution in [2.75, 3.05) is 7.11 Å². The van der Waals surface area contributed by atoms with Crippen LogP contribution < -0.4 is 10.5 Å². The number of esters is 3. The van der Waals surface area contributed by atoms with Crippen molar-refractivity contribution < 1.29 is 28.6 Å². The van der Waals surface area contributed by atoms with Crippen molar-refractivity contribution in [1.82, 2.24) is 0 Å². The summed E-state index contributed by atoms with van der Waals surface area (Å²) >= 11 is 0. The SMILES string of the molecule is C=C(CC(=O)OC)C(=O)Oc1ccc(CC(N)C(=O)OCc2ccccc2)cc1. The molecule has 0 aliphatic heterocycles. The van der Waals surface area contributed by atoms with E-state index in [1.54, 1.807) is 24.3 Å². The summed E-state index contributed by atoms with van der Waals surface area (Å²) in [4.78, 5) is 35.1. The zero-order chi connectivity index (χ0) is 21.2. The average Bonchev–Trinajstić information content (AvgIpc) is 2.73. The lowest BCUT2D eigenvalue weighted by Crippen LogP contribution is -2.34. The first-order valence-electron chi connectivity index (χ1n) is 8.91. The summed E-state index contributed by atoms with van der Waals surface area (Å²) in [6.45, 7) is 3.68. The van der Waals surface area contributed by atoms with E-state index in [9.17, 15) is 14.4 Å².